The lowest BCUT2D eigenvalue weighted by atomic mass is 9.66. The molecule has 20 heavy (non-hydrogen) atoms. The van der Waals surface area contributed by atoms with E-state index in [2.05, 4.69) is 11.9 Å². The Balaban J connectivity index is 2.46. The molecule has 2 N–H and O–H groups in total. The Morgan fingerprint density at radius 1 is 1.50 bits per heavy atom. The van der Waals surface area contributed by atoms with Gasteiger partial charge in [-0.05, 0) is 18.3 Å². The molecule has 0 aliphatic heterocycles. The lowest BCUT2D eigenvalue weighted by molar-refractivity contribution is -0.141. The Labute approximate surface area is 119 Å². The van der Waals surface area contributed by atoms with Crippen LogP contribution in [0.5, 0.6) is 0 Å². The number of carbonyl (C=O) groups excluding carboxylic acids is 1. The quantitative estimate of drug-likeness (QED) is 0.629. The van der Waals surface area contributed by atoms with Gasteiger partial charge in [0.05, 0.1) is 13.0 Å². The van der Waals surface area contributed by atoms with Gasteiger partial charge in [0.25, 0.3) is 0 Å². The molecule has 114 valence electrons. The molecule has 0 aromatic carbocycles. The summed E-state index contributed by atoms with van der Waals surface area (Å²) in [5.41, 5.74) is -0.261. The first kappa shape index (κ1) is 16.5. The summed E-state index contributed by atoms with van der Waals surface area (Å²) in [6.45, 7) is 5.43. The van der Waals surface area contributed by atoms with Gasteiger partial charge in [0, 0.05) is 26.7 Å². The number of rotatable bonds is 9. The molecule has 0 aromatic heterocycles. The number of ether oxygens (including phenoxy) is 1. The van der Waals surface area contributed by atoms with Gasteiger partial charge in [-0.15, -0.1) is 6.58 Å². The van der Waals surface area contributed by atoms with Crippen molar-refractivity contribution >= 4 is 12.0 Å². The second-order valence-electron chi connectivity index (χ2n) is 5.31. The molecule has 0 unspecified atom stereocenters. The lowest BCUT2D eigenvalue weighted by Crippen LogP contribution is -2.48. The summed E-state index contributed by atoms with van der Waals surface area (Å²) >= 11 is 0. The van der Waals surface area contributed by atoms with Crippen LogP contribution in [0.15, 0.2) is 12.7 Å². The smallest absolute Gasteiger partial charge is 0.317 e. The van der Waals surface area contributed by atoms with Crippen molar-refractivity contribution in [3.8, 4) is 0 Å². The van der Waals surface area contributed by atoms with E-state index in [0.29, 0.717) is 26.2 Å². The van der Waals surface area contributed by atoms with Crippen molar-refractivity contribution in [2.75, 3.05) is 33.4 Å². The van der Waals surface area contributed by atoms with Crippen LogP contribution in [-0.4, -0.2) is 55.4 Å². The molecule has 0 aromatic rings. The van der Waals surface area contributed by atoms with E-state index >= 15 is 0 Å². The van der Waals surface area contributed by atoms with Gasteiger partial charge in [-0.25, -0.2) is 4.79 Å². The Kier molecular flexibility index (Phi) is 6.51. The van der Waals surface area contributed by atoms with Crippen molar-refractivity contribution in [2.24, 2.45) is 5.41 Å². The Bertz CT molecular complexity index is 353. The molecule has 1 fully saturated rings. The molecule has 0 atom stereocenters. The van der Waals surface area contributed by atoms with Crippen molar-refractivity contribution in [1.29, 1.82) is 0 Å². The number of aliphatic carboxylic acids is 1. The fraction of sp³-hybridized carbons (Fsp3) is 0.714. The van der Waals surface area contributed by atoms with Crippen LogP contribution in [0.25, 0.3) is 0 Å². The molecule has 2 amide bonds. The van der Waals surface area contributed by atoms with Gasteiger partial charge in [0.15, 0.2) is 0 Å². The molecule has 1 aliphatic carbocycles. The van der Waals surface area contributed by atoms with Gasteiger partial charge in [0.1, 0.15) is 0 Å². The second-order valence-corrected chi connectivity index (χ2v) is 5.31. The number of amides is 2. The number of nitrogens with zero attached hydrogens (tertiary/aromatic N) is 1. The van der Waals surface area contributed by atoms with E-state index in [1.165, 1.54) is 0 Å². The summed E-state index contributed by atoms with van der Waals surface area (Å²) in [6.07, 6.45) is 4.53. The molecule has 1 saturated carbocycles. The molecule has 6 heteroatoms. The first-order valence-corrected chi connectivity index (χ1v) is 6.87. The normalized spacial score (nSPS) is 16.1. The Morgan fingerprint density at radius 2 is 2.20 bits per heavy atom. The van der Waals surface area contributed by atoms with Crippen molar-refractivity contribution in [2.45, 2.75) is 25.7 Å². The number of carboxylic acids is 1. The number of nitrogens with one attached hydrogen (secondary N) is 1. The first-order chi connectivity index (χ1) is 9.53. The van der Waals surface area contributed by atoms with Crippen molar-refractivity contribution in [3.63, 3.8) is 0 Å². The largest absolute Gasteiger partial charge is 0.481 e. The SMILES string of the molecule is C=CCN(CCOC)C(=O)NCC1(CC(=O)O)CCC1. The van der Waals surface area contributed by atoms with Crippen LogP contribution in [0.4, 0.5) is 4.79 Å². The molecule has 1 aliphatic rings. The zero-order valence-electron chi connectivity index (χ0n) is 12.1. The molecule has 1 rings (SSSR count). The van der Waals surface area contributed by atoms with E-state index in [-0.39, 0.29) is 17.9 Å². The first-order valence-electron chi connectivity index (χ1n) is 6.87. The zero-order valence-corrected chi connectivity index (χ0v) is 12.1. The third-order valence-corrected chi connectivity index (χ3v) is 3.76. The van der Waals surface area contributed by atoms with Crippen LogP contribution < -0.4 is 5.32 Å². The van der Waals surface area contributed by atoms with Crippen LogP contribution >= 0.6 is 0 Å². The number of methoxy groups -OCH3 is 1. The topological polar surface area (TPSA) is 78.9 Å². The predicted molar refractivity (Wildman–Crippen MR) is 75.6 cm³/mol. The average Bonchev–Trinajstić information content (AvgIpc) is 2.36. The highest BCUT2D eigenvalue weighted by Crippen LogP contribution is 2.43. The van der Waals surface area contributed by atoms with Crippen LogP contribution in [0.1, 0.15) is 25.7 Å². The summed E-state index contributed by atoms with van der Waals surface area (Å²) in [5, 5.41) is 11.8. The van der Waals surface area contributed by atoms with Crippen molar-refractivity contribution < 1.29 is 19.4 Å². The van der Waals surface area contributed by atoms with Crippen molar-refractivity contribution in [1.82, 2.24) is 10.2 Å². The van der Waals surface area contributed by atoms with Crippen LogP contribution in [0.2, 0.25) is 0 Å². The third-order valence-electron chi connectivity index (χ3n) is 3.76. The van der Waals surface area contributed by atoms with Gasteiger partial charge in [-0.1, -0.05) is 12.5 Å². The second kappa shape index (κ2) is 7.89. The van der Waals surface area contributed by atoms with Crippen LogP contribution in [-0.2, 0) is 9.53 Å². The molecule has 6 nitrogen and oxygen atoms in total. The van der Waals surface area contributed by atoms with Gasteiger partial charge in [0.2, 0.25) is 0 Å². The highest BCUT2D eigenvalue weighted by molar-refractivity contribution is 5.74. The number of hydrogen-bond donors (Lipinski definition) is 2. The molecular weight excluding hydrogens is 260 g/mol. The molecule has 0 spiro atoms. The molecule has 0 radical (unpaired) electrons. The number of hydrogen-bond acceptors (Lipinski definition) is 3. The number of carboxylic acid groups (broad SMARTS) is 1. The highest BCUT2D eigenvalue weighted by atomic mass is 16.5. The fourth-order valence-corrected chi connectivity index (χ4v) is 2.42. The highest BCUT2D eigenvalue weighted by Gasteiger charge is 2.39. The molecule has 0 bridgehead atoms. The minimum absolute atomic E-state index is 0.118. The third kappa shape index (κ3) is 4.85. The van der Waals surface area contributed by atoms with E-state index in [0.717, 1.165) is 19.3 Å². The van der Waals surface area contributed by atoms with E-state index < -0.39 is 5.97 Å². The summed E-state index contributed by atoms with van der Waals surface area (Å²) in [7, 11) is 1.58. The van der Waals surface area contributed by atoms with Gasteiger partial charge in [-0.2, -0.15) is 0 Å². The lowest BCUT2D eigenvalue weighted by Gasteiger charge is -2.41. The standard InChI is InChI=1S/C14H24N2O4/c1-3-7-16(8-9-20-2)13(19)15-11-14(5-4-6-14)10-12(17)18/h3H,1,4-11H2,2H3,(H,15,19)(H,17,18). The number of urea groups is 1. The summed E-state index contributed by atoms with van der Waals surface area (Å²) < 4.78 is 4.97. The van der Waals surface area contributed by atoms with Gasteiger partial charge in [-0.3, -0.25) is 4.79 Å². The maximum Gasteiger partial charge on any atom is 0.317 e. The molecular formula is C14H24N2O4. The van der Waals surface area contributed by atoms with E-state index in [4.69, 9.17) is 9.84 Å². The Morgan fingerprint density at radius 3 is 2.65 bits per heavy atom. The maximum atomic E-state index is 12.1. The van der Waals surface area contributed by atoms with Crippen LogP contribution in [0.3, 0.4) is 0 Å². The van der Waals surface area contributed by atoms with Crippen molar-refractivity contribution in [3.05, 3.63) is 12.7 Å². The minimum atomic E-state index is -0.804. The predicted octanol–water partition coefficient (Wildman–Crippen LogP) is 1.48. The fourth-order valence-electron chi connectivity index (χ4n) is 2.42. The van der Waals surface area contributed by atoms with E-state index in [1.807, 2.05) is 0 Å². The summed E-state index contributed by atoms with van der Waals surface area (Å²) in [6, 6.07) is -0.196. The van der Waals surface area contributed by atoms with E-state index in [9.17, 15) is 9.59 Å². The average molecular weight is 284 g/mol. The minimum Gasteiger partial charge on any atom is -0.481 e. The Hall–Kier alpha value is -1.56. The van der Waals surface area contributed by atoms with Gasteiger partial charge < -0.3 is 20.1 Å². The van der Waals surface area contributed by atoms with Crippen LogP contribution in [0, 0.1) is 5.41 Å². The molecule has 0 heterocycles. The summed E-state index contributed by atoms with van der Waals surface area (Å²) in [5.74, 6) is -0.804. The van der Waals surface area contributed by atoms with Gasteiger partial charge >= 0.3 is 12.0 Å². The monoisotopic (exact) mass is 284 g/mol. The number of carbonyl (C=O) groups is 2. The molecule has 0 saturated heterocycles. The van der Waals surface area contributed by atoms with E-state index in [1.54, 1.807) is 18.1 Å². The zero-order chi connectivity index (χ0) is 15.0. The summed E-state index contributed by atoms with van der Waals surface area (Å²) in [4.78, 5) is 24.6. The maximum absolute atomic E-state index is 12.1.